The van der Waals surface area contributed by atoms with Gasteiger partial charge in [-0.15, -0.1) is 0 Å². The zero-order chi connectivity index (χ0) is 14.9. The summed E-state index contributed by atoms with van der Waals surface area (Å²) in [5.41, 5.74) is 1.98. The summed E-state index contributed by atoms with van der Waals surface area (Å²) in [5.74, 6) is 1.47. The average Bonchev–Trinajstić information content (AvgIpc) is 3.17. The summed E-state index contributed by atoms with van der Waals surface area (Å²) >= 11 is 0. The fourth-order valence-corrected chi connectivity index (χ4v) is 2.29. The van der Waals surface area contributed by atoms with Crippen LogP contribution in [0.15, 0.2) is 46.9 Å². The third-order valence-corrected chi connectivity index (χ3v) is 3.37. The predicted octanol–water partition coefficient (Wildman–Crippen LogP) is 2.49. The van der Waals surface area contributed by atoms with E-state index in [0.717, 1.165) is 5.52 Å². The van der Waals surface area contributed by atoms with Gasteiger partial charge in [-0.05, 0) is 30.3 Å². The van der Waals surface area contributed by atoms with Gasteiger partial charge in [0.2, 0.25) is 12.7 Å². The van der Waals surface area contributed by atoms with Crippen molar-refractivity contribution in [2.45, 2.75) is 6.54 Å². The fourth-order valence-electron chi connectivity index (χ4n) is 2.29. The van der Waals surface area contributed by atoms with E-state index in [-0.39, 0.29) is 19.2 Å². The largest absolute Gasteiger partial charge is 0.454 e. The van der Waals surface area contributed by atoms with E-state index in [1.165, 1.54) is 0 Å². The molecule has 110 valence electrons. The van der Waals surface area contributed by atoms with Gasteiger partial charge in [0.1, 0.15) is 5.52 Å². The highest BCUT2D eigenvalue weighted by molar-refractivity contribution is 5.94. The molecule has 0 radical (unpaired) electrons. The fraction of sp³-hybridized carbons (Fsp3) is 0.125. The highest BCUT2D eigenvalue weighted by atomic mass is 16.7. The van der Waals surface area contributed by atoms with Crippen LogP contribution in [0.3, 0.4) is 0 Å². The molecule has 0 spiro atoms. The Morgan fingerprint density at radius 3 is 2.91 bits per heavy atom. The molecule has 1 aliphatic rings. The number of hydrogen-bond donors (Lipinski definition) is 1. The molecular formula is C16H12N2O4. The van der Waals surface area contributed by atoms with Gasteiger partial charge >= 0.3 is 0 Å². The maximum absolute atomic E-state index is 12.2. The van der Waals surface area contributed by atoms with E-state index in [1.807, 2.05) is 24.3 Å². The van der Waals surface area contributed by atoms with Crippen LogP contribution in [0.5, 0.6) is 11.5 Å². The molecule has 0 saturated carbocycles. The average molecular weight is 296 g/mol. The van der Waals surface area contributed by atoms with Crippen LogP contribution in [0.4, 0.5) is 0 Å². The first-order valence-electron chi connectivity index (χ1n) is 6.82. The molecule has 1 amide bonds. The van der Waals surface area contributed by atoms with Crippen molar-refractivity contribution in [3.63, 3.8) is 0 Å². The van der Waals surface area contributed by atoms with Gasteiger partial charge in [-0.25, -0.2) is 4.98 Å². The first-order valence-corrected chi connectivity index (χ1v) is 6.82. The number of carbonyl (C=O) groups excluding carboxylic acids is 1. The number of carbonyl (C=O) groups is 1. The van der Waals surface area contributed by atoms with Gasteiger partial charge in [-0.1, -0.05) is 12.1 Å². The molecule has 6 nitrogen and oxygen atoms in total. The molecule has 0 fully saturated rings. The van der Waals surface area contributed by atoms with E-state index in [4.69, 9.17) is 13.9 Å². The number of para-hydroxylation sites is 2. The predicted molar refractivity (Wildman–Crippen MR) is 77.7 cm³/mol. The summed E-state index contributed by atoms with van der Waals surface area (Å²) in [4.78, 5) is 16.5. The zero-order valence-corrected chi connectivity index (χ0v) is 11.5. The highest BCUT2D eigenvalue weighted by Gasteiger charge is 2.16. The van der Waals surface area contributed by atoms with Crippen LogP contribution in [-0.4, -0.2) is 17.7 Å². The minimum Gasteiger partial charge on any atom is -0.454 e. The van der Waals surface area contributed by atoms with Crippen molar-refractivity contribution in [2.75, 3.05) is 6.79 Å². The number of nitrogens with one attached hydrogen (secondary N) is 1. The van der Waals surface area contributed by atoms with Gasteiger partial charge in [0.25, 0.3) is 5.91 Å². The second kappa shape index (κ2) is 5.07. The SMILES string of the molecule is O=C(NCc1nc2ccccc2o1)c1ccc2c(c1)OCO2. The van der Waals surface area contributed by atoms with E-state index in [2.05, 4.69) is 10.3 Å². The lowest BCUT2D eigenvalue weighted by Crippen LogP contribution is -2.22. The van der Waals surface area contributed by atoms with E-state index >= 15 is 0 Å². The third kappa shape index (κ3) is 2.24. The molecule has 0 aliphatic carbocycles. The monoisotopic (exact) mass is 296 g/mol. The summed E-state index contributed by atoms with van der Waals surface area (Å²) in [6.45, 7) is 0.408. The summed E-state index contributed by atoms with van der Waals surface area (Å²) in [6.07, 6.45) is 0. The molecule has 0 saturated heterocycles. The third-order valence-electron chi connectivity index (χ3n) is 3.37. The van der Waals surface area contributed by atoms with Gasteiger partial charge in [-0.3, -0.25) is 4.79 Å². The summed E-state index contributed by atoms with van der Waals surface area (Å²) in [5, 5.41) is 2.78. The summed E-state index contributed by atoms with van der Waals surface area (Å²) in [6, 6.07) is 12.5. The smallest absolute Gasteiger partial charge is 0.251 e. The van der Waals surface area contributed by atoms with E-state index in [0.29, 0.717) is 28.5 Å². The Balaban J connectivity index is 1.47. The van der Waals surface area contributed by atoms with Crippen LogP contribution in [0.1, 0.15) is 16.2 Å². The maximum Gasteiger partial charge on any atom is 0.251 e. The van der Waals surface area contributed by atoms with Crippen LogP contribution in [0.2, 0.25) is 0 Å². The molecule has 3 aromatic rings. The molecule has 0 unspecified atom stereocenters. The number of oxazole rings is 1. The minimum atomic E-state index is -0.222. The molecule has 1 aliphatic heterocycles. The van der Waals surface area contributed by atoms with Crippen LogP contribution < -0.4 is 14.8 Å². The van der Waals surface area contributed by atoms with Crippen molar-refractivity contribution >= 4 is 17.0 Å². The van der Waals surface area contributed by atoms with Crippen molar-refractivity contribution in [2.24, 2.45) is 0 Å². The number of amides is 1. The quantitative estimate of drug-likeness (QED) is 0.803. The lowest BCUT2D eigenvalue weighted by Gasteiger charge is -2.03. The second-order valence-corrected chi connectivity index (χ2v) is 4.83. The van der Waals surface area contributed by atoms with Gasteiger partial charge in [-0.2, -0.15) is 0 Å². The first kappa shape index (κ1) is 12.7. The molecule has 0 atom stereocenters. The number of ether oxygens (including phenoxy) is 2. The lowest BCUT2D eigenvalue weighted by atomic mass is 10.2. The van der Waals surface area contributed by atoms with Crippen molar-refractivity contribution in [1.29, 1.82) is 0 Å². The van der Waals surface area contributed by atoms with Crippen LogP contribution in [0, 0.1) is 0 Å². The maximum atomic E-state index is 12.2. The van der Waals surface area contributed by atoms with Crippen molar-refractivity contribution in [1.82, 2.24) is 10.3 Å². The molecule has 6 heteroatoms. The van der Waals surface area contributed by atoms with Crippen molar-refractivity contribution in [3.8, 4) is 11.5 Å². The van der Waals surface area contributed by atoms with Crippen molar-refractivity contribution < 1.29 is 18.7 Å². The van der Waals surface area contributed by atoms with Crippen LogP contribution >= 0.6 is 0 Å². The number of rotatable bonds is 3. The Bertz CT molecular complexity index is 823. The highest BCUT2D eigenvalue weighted by Crippen LogP contribution is 2.32. The Labute approximate surface area is 125 Å². The zero-order valence-electron chi connectivity index (χ0n) is 11.5. The number of benzene rings is 2. The second-order valence-electron chi connectivity index (χ2n) is 4.83. The topological polar surface area (TPSA) is 73.6 Å². The molecule has 2 heterocycles. The van der Waals surface area contributed by atoms with E-state index in [9.17, 15) is 4.79 Å². The Hall–Kier alpha value is -3.02. The summed E-state index contributed by atoms with van der Waals surface area (Å²) < 4.78 is 16.0. The normalized spacial score (nSPS) is 12.5. The van der Waals surface area contributed by atoms with E-state index in [1.54, 1.807) is 18.2 Å². The number of aromatic nitrogens is 1. The number of fused-ring (bicyclic) bond motifs is 2. The minimum absolute atomic E-state index is 0.184. The Morgan fingerprint density at radius 1 is 1.14 bits per heavy atom. The van der Waals surface area contributed by atoms with E-state index < -0.39 is 0 Å². The number of nitrogens with zero attached hydrogens (tertiary/aromatic N) is 1. The summed E-state index contributed by atoms with van der Waals surface area (Å²) in [7, 11) is 0. The molecule has 22 heavy (non-hydrogen) atoms. The molecule has 0 bridgehead atoms. The Kier molecular flexibility index (Phi) is 2.93. The Morgan fingerprint density at radius 2 is 2.00 bits per heavy atom. The molecular weight excluding hydrogens is 284 g/mol. The molecule has 1 N–H and O–H groups in total. The van der Waals surface area contributed by atoms with Crippen LogP contribution in [0.25, 0.3) is 11.1 Å². The molecule has 2 aromatic carbocycles. The van der Waals surface area contributed by atoms with Gasteiger partial charge < -0.3 is 19.2 Å². The van der Waals surface area contributed by atoms with Crippen LogP contribution in [-0.2, 0) is 6.54 Å². The first-order chi connectivity index (χ1) is 10.8. The lowest BCUT2D eigenvalue weighted by molar-refractivity contribution is 0.0947. The van der Waals surface area contributed by atoms with Crippen molar-refractivity contribution in [3.05, 3.63) is 53.9 Å². The molecule has 1 aromatic heterocycles. The van der Waals surface area contributed by atoms with Gasteiger partial charge in [0.15, 0.2) is 17.1 Å². The molecule has 4 rings (SSSR count). The van der Waals surface area contributed by atoms with Gasteiger partial charge in [0, 0.05) is 5.56 Å². The van der Waals surface area contributed by atoms with Gasteiger partial charge in [0.05, 0.1) is 6.54 Å². The standard InChI is InChI=1S/C16H12N2O4/c19-16(10-5-6-13-14(7-10)21-9-20-13)17-8-15-18-11-3-1-2-4-12(11)22-15/h1-7H,8-9H2,(H,17,19). The number of hydrogen-bond acceptors (Lipinski definition) is 5.